The topological polar surface area (TPSA) is 32.3 Å². The van der Waals surface area contributed by atoms with Crippen molar-refractivity contribution in [3.8, 4) is 0 Å². The van der Waals surface area contributed by atoms with Gasteiger partial charge in [-0.25, -0.2) is 0 Å². The van der Waals surface area contributed by atoms with E-state index < -0.39 is 0 Å². The molecule has 2 rings (SSSR count). The number of hydrogen-bond donors (Lipinski definition) is 2. The third-order valence-corrected chi connectivity index (χ3v) is 4.67. The Morgan fingerprint density at radius 3 is 2.88 bits per heavy atom. The molecule has 0 aromatic rings. The van der Waals surface area contributed by atoms with Crippen LogP contribution in [0, 0.1) is 17.8 Å². The van der Waals surface area contributed by atoms with Gasteiger partial charge in [-0.3, -0.25) is 0 Å². The summed E-state index contributed by atoms with van der Waals surface area (Å²) in [5.41, 5.74) is 0. The molecule has 3 heteroatoms. The molecule has 2 N–H and O–H groups in total. The molecule has 2 bridgehead atoms. The lowest BCUT2D eigenvalue weighted by Crippen LogP contribution is -2.37. The number of allylic oxidation sites excluding steroid dienone is 2. The van der Waals surface area contributed by atoms with Crippen molar-refractivity contribution in [2.24, 2.45) is 17.8 Å². The highest BCUT2D eigenvalue weighted by Crippen LogP contribution is 2.42. The number of aliphatic hydroxyl groups excluding tert-OH is 1. The quantitative estimate of drug-likeness (QED) is 0.668. The van der Waals surface area contributed by atoms with Crippen LogP contribution in [0.1, 0.15) is 19.3 Å². The molecule has 1 fully saturated rings. The Kier molecular flexibility index (Phi) is 4.74. The van der Waals surface area contributed by atoms with Crippen molar-refractivity contribution < 1.29 is 5.11 Å². The van der Waals surface area contributed by atoms with E-state index in [0.717, 1.165) is 36.5 Å². The second kappa shape index (κ2) is 6.08. The number of aliphatic hydroxyl groups is 1. The van der Waals surface area contributed by atoms with Gasteiger partial charge in [-0.05, 0) is 49.8 Å². The average Bonchev–Trinajstić information content (AvgIpc) is 2.88. The number of nitrogens with one attached hydrogen (secondary N) is 1. The maximum atomic E-state index is 9.00. The Labute approximate surface area is 103 Å². The minimum atomic E-state index is 0.300. The summed E-state index contributed by atoms with van der Waals surface area (Å²) in [4.78, 5) is 0. The lowest BCUT2D eigenvalue weighted by Gasteiger charge is -2.23. The summed E-state index contributed by atoms with van der Waals surface area (Å²) in [6.07, 6.45) is 10.6. The van der Waals surface area contributed by atoms with Crippen LogP contribution < -0.4 is 5.32 Å². The zero-order valence-electron chi connectivity index (χ0n) is 10.1. The first-order chi connectivity index (χ1) is 7.83. The van der Waals surface area contributed by atoms with E-state index in [4.69, 9.17) is 5.11 Å². The molecule has 0 saturated heterocycles. The summed E-state index contributed by atoms with van der Waals surface area (Å²) in [5.74, 6) is 3.66. The normalized spacial score (nSPS) is 33.5. The van der Waals surface area contributed by atoms with Crippen molar-refractivity contribution in [2.45, 2.75) is 25.3 Å². The maximum Gasteiger partial charge on any atom is 0.0446 e. The summed E-state index contributed by atoms with van der Waals surface area (Å²) >= 11 is 1.86. The molecule has 2 aliphatic carbocycles. The number of hydrogen-bond acceptors (Lipinski definition) is 3. The molecule has 2 aliphatic rings. The first-order valence-corrected chi connectivity index (χ1v) is 7.74. The number of thioether (sulfide) groups is 1. The highest BCUT2D eigenvalue weighted by molar-refractivity contribution is 7.98. The average molecular weight is 241 g/mol. The second-order valence-electron chi connectivity index (χ2n) is 5.11. The predicted molar refractivity (Wildman–Crippen MR) is 70.7 cm³/mol. The predicted octanol–water partition coefficient (Wildman–Crippen LogP) is 1.90. The Hall–Kier alpha value is 0.0100. The van der Waals surface area contributed by atoms with Crippen molar-refractivity contribution in [2.75, 3.05) is 25.2 Å². The molecule has 0 aromatic carbocycles. The van der Waals surface area contributed by atoms with E-state index in [-0.39, 0.29) is 0 Å². The Bertz CT molecular complexity index is 238. The minimum absolute atomic E-state index is 0.300. The van der Waals surface area contributed by atoms with Crippen LogP contribution in [0.5, 0.6) is 0 Å². The molecule has 0 unspecified atom stereocenters. The van der Waals surface area contributed by atoms with Crippen LogP contribution in [0.4, 0.5) is 0 Å². The fraction of sp³-hybridized carbons (Fsp3) is 0.846. The monoisotopic (exact) mass is 241 g/mol. The highest BCUT2D eigenvalue weighted by Gasteiger charge is 2.35. The SMILES string of the molecule is CSC[C@H](CCO)NC[C@H]1C[C@H]2C=C[C@H]1C2. The highest BCUT2D eigenvalue weighted by atomic mass is 32.2. The van der Waals surface area contributed by atoms with E-state index >= 15 is 0 Å². The van der Waals surface area contributed by atoms with Crippen LogP contribution in [0.25, 0.3) is 0 Å². The van der Waals surface area contributed by atoms with Gasteiger partial charge in [0.15, 0.2) is 0 Å². The number of fused-ring (bicyclic) bond motifs is 2. The standard InChI is InChI=1S/C13H23NOS/c1-16-9-13(4-5-15)14-8-12-7-10-2-3-11(12)6-10/h2-3,10-15H,4-9H2,1H3/t10-,11-,12+,13-/m0/s1. The Morgan fingerprint density at radius 1 is 1.44 bits per heavy atom. The summed E-state index contributed by atoms with van der Waals surface area (Å²) in [6, 6.07) is 0.489. The molecule has 16 heavy (non-hydrogen) atoms. The lowest BCUT2D eigenvalue weighted by atomic mass is 9.93. The molecule has 1 saturated carbocycles. The molecule has 0 aliphatic heterocycles. The molecule has 0 radical (unpaired) electrons. The van der Waals surface area contributed by atoms with Gasteiger partial charge in [-0.15, -0.1) is 0 Å². The molecule has 4 atom stereocenters. The zero-order valence-corrected chi connectivity index (χ0v) is 10.9. The maximum absolute atomic E-state index is 9.00. The van der Waals surface area contributed by atoms with Crippen molar-refractivity contribution in [1.82, 2.24) is 5.32 Å². The van der Waals surface area contributed by atoms with Crippen LogP contribution in [0.2, 0.25) is 0 Å². The molecule has 2 nitrogen and oxygen atoms in total. The van der Waals surface area contributed by atoms with Crippen LogP contribution in [-0.4, -0.2) is 36.3 Å². The van der Waals surface area contributed by atoms with Gasteiger partial charge in [0, 0.05) is 18.4 Å². The van der Waals surface area contributed by atoms with Gasteiger partial charge in [0.25, 0.3) is 0 Å². The summed E-state index contributed by atoms with van der Waals surface area (Å²) < 4.78 is 0. The molecule has 0 spiro atoms. The van der Waals surface area contributed by atoms with Gasteiger partial charge < -0.3 is 10.4 Å². The Balaban J connectivity index is 1.71. The fourth-order valence-electron chi connectivity index (χ4n) is 3.05. The van der Waals surface area contributed by atoms with Crippen molar-refractivity contribution in [3.63, 3.8) is 0 Å². The van der Waals surface area contributed by atoms with Crippen LogP contribution >= 0.6 is 11.8 Å². The van der Waals surface area contributed by atoms with Gasteiger partial charge in [-0.1, -0.05) is 12.2 Å². The first-order valence-electron chi connectivity index (χ1n) is 6.35. The van der Waals surface area contributed by atoms with E-state index in [2.05, 4.69) is 23.7 Å². The molecule has 0 aromatic heterocycles. The van der Waals surface area contributed by atoms with E-state index in [9.17, 15) is 0 Å². The largest absolute Gasteiger partial charge is 0.396 e. The van der Waals surface area contributed by atoms with E-state index in [1.54, 1.807) is 0 Å². The lowest BCUT2D eigenvalue weighted by molar-refractivity contribution is 0.265. The molecular weight excluding hydrogens is 218 g/mol. The van der Waals surface area contributed by atoms with Gasteiger partial charge in [-0.2, -0.15) is 11.8 Å². The van der Waals surface area contributed by atoms with Gasteiger partial charge >= 0.3 is 0 Å². The number of rotatable bonds is 7. The summed E-state index contributed by atoms with van der Waals surface area (Å²) in [5, 5.41) is 12.6. The van der Waals surface area contributed by atoms with E-state index in [1.807, 2.05) is 11.8 Å². The zero-order chi connectivity index (χ0) is 11.4. The first kappa shape index (κ1) is 12.5. The third kappa shape index (κ3) is 3.02. The summed E-state index contributed by atoms with van der Waals surface area (Å²) in [6.45, 7) is 1.44. The second-order valence-corrected chi connectivity index (χ2v) is 6.02. The third-order valence-electron chi connectivity index (χ3n) is 3.93. The van der Waals surface area contributed by atoms with Crippen LogP contribution in [0.15, 0.2) is 12.2 Å². The molecular formula is C13H23NOS. The Morgan fingerprint density at radius 2 is 2.31 bits per heavy atom. The van der Waals surface area contributed by atoms with Gasteiger partial charge in [0.1, 0.15) is 0 Å². The van der Waals surface area contributed by atoms with Gasteiger partial charge in [0.2, 0.25) is 0 Å². The van der Waals surface area contributed by atoms with Crippen molar-refractivity contribution in [1.29, 1.82) is 0 Å². The van der Waals surface area contributed by atoms with Crippen LogP contribution in [0.3, 0.4) is 0 Å². The molecule has 92 valence electrons. The minimum Gasteiger partial charge on any atom is -0.396 e. The van der Waals surface area contributed by atoms with Gasteiger partial charge in [0.05, 0.1) is 0 Å². The fourth-order valence-corrected chi connectivity index (χ4v) is 3.74. The van der Waals surface area contributed by atoms with Crippen LogP contribution in [-0.2, 0) is 0 Å². The summed E-state index contributed by atoms with van der Waals surface area (Å²) in [7, 11) is 0. The van der Waals surface area contributed by atoms with E-state index in [0.29, 0.717) is 12.6 Å². The van der Waals surface area contributed by atoms with E-state index in [1.165, 1.54) is 12.8 Å². The molecule has 0 amide bonds. The smallest absolute Gasteiger partial charge is 0.0446 e. The van der Waals surface area contributed by atoms with Crippen molar-refractivity contribution in [3.05, 3.63) is 12.2 Å². The van der Waals surface area contributed by atoms with Crippen molar-refractivity contribution >= 4 is 11.8 Å². The molecule has 0 heterocycles.